The summed E-state index contributed by atoms with van der Waals surface area (Å²) in [5, 5.41) is 21.7. The van der Waals surface area contributed by atoms with E-state index in [2.05, 4.69) is 10.5 Å². The van der Waals surface area contributed by atoms with Crippen LogP contribution in [0, 0.1) is 0 Å². The van der Waals surface area contributed by atoms with Gasteiger partial charge in [-0.1, -0.05) is 5.98 Å². The molecule has 0 atom stereocenters. The number of carboxylic acid groups (broad SMARTS) is 1. The van der Waals surface area contributed by atoms with Crippen LogP contribution in [0.3, 0.4) is 0 Å². The molecule has 5 nitrogen and oxygen atoms in total. The lowest BCUT2D eigenvalue weighted by atomic mass is 9.82. The first kappa shape index (κ1) is 7.68. The van der Waals surface area contributed by atoms with Crippen molar-refractivity contribution in [1.29, 1.82) is 0 Å². The maximum Gasteiger partial charge on any atom is 0.438 e. The minimum Gasteiger partial charge on any atom is -0.465 e. The van der Waals surface area contributed by atoms with Crippen LogP contribution in [0.5, 0.6) is 0 Å². The Morgan fingerprint density at radius 1 is 1.73 bits per heavy atom. The van der Waals surface area contributed by atoms with E-state index < -0.39 is 13.1 Å². The Kier molecular flexibility index (Phi) is 2.17. The number of amides is 1. The van der Waals surface area contributed by atoms with Crippen LogP contribution in [-0.4, -0.2) is 23.3 Å². The summed E-state index contributed by atoms with van der Waals surface area (Å²) in [4.78, 5) is 10.1. The van der Waals surface area contributed by atoms with Gasteiger partial charge >= 0.3 is 13.1 Å². The number of allylic oxidation sites excluding steroid dienone is 1. The van der Waals surface area contributed by atoms with Gasteiger partial charge in [0.1, 0.15) is 0 Å². The molecule has 1 amide bonds. The predicted octanol–water partition coefficient (Wildman–Crippen LogP) is -0.726. The summed E-state index contributed by atoms with van der Waals surface area (Å²) in [6.07, 6.45) is 1.74. The molecule has 0 radical (unpaired) electrons. The summed E-state index contributed by atoms with van der Waals surface area (Å²) in [6, 6.07) is 0. The minimum atomic E-state index is -1.13. The van der Waals surface area contributed by atoms with E-state index in [1.165, 1.54) is 18.3 Å². The summed E-state index contributed by atoms with van der Waals surface area (Å²) in [7, 11) is -0.727. The first-order valence-corrected chi connectivity index (χ1v) is 3.01. The molecule has 0 spiro atoms. The van der Waals surface area contributed by atoms with Crippen LogP contribution in [0.2, 0.25) is 0 Å². The van der Waals surface area contributed by atoms with Gasteiger partial charge in [-0.15, -0.1) is 0 Å². The number of nitrogens with one attached hydrogen (secondary N) is 2. The fourth-order valence-corrected chi connectivity index (χ4v) is 0.675. The van der Waals surface area contributed by atoms with Crippen LogP contribution in [0.15, 0.2) is 23.9 Å². The molecule has 6 heteroatoms. The number of hydrogen-bond donors (Lipinski definition) is 4. The maximum absolute atomic E-state index is 10.1. The van der Waals surface area contributed by atoms with Gasteiger partial charge in [-0.3, -0.25) is 5.32 Å². The van der Waals surface area contributed by atoms with Crippen molar-refractivity contribution in [3.63, 3.8) is 0 Å². The molecule has 0 bridgehead atoms. The largest absolute Gasteiger partial charge is 0.465 e. The van der Waals surface area contributed by atoms with Crippen molar-refractivity contribution < 1.29 is 14.9 Å². The van der Waals surface area contributed by atoms with Crippen molar-refractivity contribution in [3.05, 3.63) is 23.9 Å². The molecule has 0 unspecified atom stereocenters. The van der Waals surface area contributed by atoms with Crippen LogP contribution >= 0.6 is 0 Å². The summed E-state index contributed by atoms with van der Waals surface area (Å²) in [6.45, 7) is 0. The van der Waals surface area contributed by atoms with Gasteiger partial charge < -0.3 is 15.4 Å². The van der Waals surface area contributed by atoms with Gasteiger partial charge in [0.05, 0.1) is 5.70 Å². The zero-order chi connectivity index (χ0) is 8.27. The zero-order valence-corrected chi connectivity index (χ0v) is 5.61. The van der Waals surface area contributed by atoms with Gasteiger partial charge in [-0.25, -0.2) is 4.79 Å². The Bertz CT molecular complexity index is 226. The Morgan fingerprint density at radius 3 is 2.91 bits per heavy atom. The lowest BCUT2D eigenvalue weighted by molar-refractivity contribution is 0.198. The normalized spacial score (nSPS) is 15.4. The number of hydrogen-bond acceptors (Lipinski definition) is 3. The number of rotatable bonds is 1. The van der Waals surface area contributed by atoms with E-state index in [1.54, 1.807) is 0 Å². The Hall–Kier alpha value is -1.43. The quantitative estimate of drug-likeness (QED) is 0.375. The van der Waals surface area contributed by atoms with Crippen molar-refractivity contribution in [2.24, 2.45) is 0 Å². The summed E-state index contributed by atoms with van der Waals surface area (Å²) in [5.41, 5.74) is 0.405. The highest BCUT2D eigenvalue weighted by molar-refractivity contribution is 6.54. The first-order valence-electron chi connectivity index (χ1n) is 3.01. The molecule has 58 valence electrons. The van der Waals surface area contributed by atoms with E-state index in [9.17, 15) is 4.79 Å². The molecule has 0 fully saturated rings. The summed E-state index contributed by atoms with van der Waals surface area (Å²) >= 11 is 0. The van der Waals surface area contributed by atoms with Gasteiger partial charge in [0.2, 0.25) is 0 Å². The highest BCUT2D eigenvalue weighted by Crippen LogP contribution is 1.95. The molecular formula is C5H7BN2O3. The third-order valence-electron chi connectivity index (χ3n) is 1.12. The molecule has 4 N–H and O–H groups in total. The van der Waals surface area contributed by atoms with Crippen molar-refractivity contribution in [2.45, 2.75) is 0 Å². The average molecular weight is 154 g/mol. The third kappa shape index (κ3) is 2.34. The second-order valence-electron chi connectivity index (χ2n) is 2.00. The second-order valence-corrected chi connectivity index (χ2v) is 2.00. The van der Waals surface area contributed by atoms with E-state index in [4.69, 9.17) is 10.1 Å². The molecule has 0 aromatic carbocycles. The molecule has 11 heavy (non-hydrogen) atoms. The topological polar surface area (TPSA) is 81.6 Å². The smallest absolute Gasteiger partial charge is 0.438 e. The van der Waals surface area contributed by atoms with E-state index in [0.29, 0.717) is 5.70 Å². The van der Waals surface area contributed by atoms with Gasteiger partial charge in [0.25, 0.3) is 0 Å². The van der Waals surface area contributed by atoms with Gasteiger partial charge in [0, 0.05) is 6.20 Å². The molecule has 0 aliphatic carbocycles. The molecule has 0 aromatic rings. The molecule has 0 saturated carbocycles. The van der Waals surface area contributed by atoms with E-state index in [-0.39, 0.29) is 0 Å². The fraction of sp³-hybridized carbons (Fsp3) is 0. The predicted molar refractivity (Wildman–Crippen MR) is 39.5 cm³/mol. The van der Waals surface area contributed by atoms with Crippen molar-refractivity contribution >= 4 is 13.1 Å². The molecule has 1 heterocycles. The highest BCUT2D eigenvalue weighted by Gasteiger charge is 2.09. The lowest BCUT2D eigenvalue weighted by Crippen LogP contribution is -2.33. The first-order chi connectivity index (χ1) is 5.18. The van der Waals surface area contributed by atoms with E-state index in [0.717, 1.165) is 0 Å². The van der Waals surface area contributed by atoms with E-state index >= 15 is 0 Å². The van der Waals surface area contributed by atoms with Crippen molar-refractivity contribution in [1.82, 2.24) is 10.5 Å². The van der Waals surface area contributed by atoms with Crippen LogP contribution in [0.1, 0.15) is 0 Å². The van der Waals surface area contributed by atoms with E-state index in [1.807, 2.05) is 0 Å². The van der Waals surface area contributed by atoms with Gasteiger partial charge in [-0.05, 0) is 6.08 Å². The van der Waals surface area contributed by atoms with Crippen LogP contribution in [-0.2, 0) is 0 Å². The number of carbonyl (C=O) groups is 1. The van der Waals surface area contributed by atoms with Crippen LogP contribution in [0.25, 0.3) is 0 Å². The Labute approximate surface area is 63.5 Å². The minimum absolute atomic E-state index is 0.405. The molecule has 1 aliphatic heterocycles. The fourth-order valence-electron chi connectivity index (χ4n) is 0.675. The van der Waals surface area contributed by atoms with Gasteiger partial charge in [-0.2, -0.15) is 0 Å². The lowest BCUT2D eigenvalue weighted by Gasteiger charge is -2.09. The van der Waals surface area contributed by atoms with Crippen LogP contribution < -0.4 is 10.5 Å². The van der Waals surface area contributed by atoms with Crippen molar-refractivity contribution in [3.8, 4) is 0 Å². The second kappa shape index (κ2) is 3.11. The molecular weight excluding hydrogens is 147 g/mol. The Morgan fingerprint density at radius 2 is 2.45 bits per heavy atom. The summed E-state index contributed by atoms with van der Waals surface area (Å²) in [5.74, 6) is 1.44. The monoisotopic (exact) mass is 154 g/mol. The average Bonchev–Trinajstić information content (AvgIpc) is 1.93. The maximum atomic E-state index is 10.1. The molecule has 1 rings (SSSR count). The molecule has 1 aliphatic rings. The Balaban J connectivity index is 2.50. The third-order valence-corrected chi connectivity index (χ3v) is 1.12. The molecule has 0 saturated heterocycles. The van der Waals surface area contributed by atoms with Crippen LogP contribution in [0.4, 0.5) is 4.79 Å². The standard InChI is InChI=1S/C5H7BN2O3/c9-5(10)8-4-1-2-6(11)7-3-4/h1-3,7-8,11H,(H,9,10). The zero-order valence-electron chi connectivity index (χ0n) is 5.61. The van der Waals surface area contributed by atoms with Crippen molar-refractivity contribution in [2.75, 3.05) is 0 Å². The SMILES string of the molecule is O=C(O)NC1=CNB(O)C=C1. The highest BCUT2D eigenvalue weighted by atomic mass is 16.4. The van der Waals surface area contributed by atoms with Gasteiger partial charge in [0.15, 0.2) is 0 Å². The molecule has 0 aromatic heterocycles. The summed E-state index contributed by atoms with van der Waals surface area (Å²) < 4.78 is 0.